The summed E-state index contributed by atoms with van der Waals surface area (Å²) in [5.74, 6) is 0.383. The number of hydrogen-bond donors (Lipinski definition) is 1. The number of benzene rings is 1. The molecule has 0 heterocycles. The van der Waals surface area contributed by atoms with Gasteiger partial charge in [-0.2, -0.15) is 0 Å². The number of aromatic hydroxyl groups is 1. The Bertz CT molecular complexity index is 1050. The molecule has 0 aliphatic heterocycles. The summed E-state index contributed by atoms with van der Waals surface area (Å²) in [4.78, 5) is 0. The maximum absolute atomic E-state index is 11.5. The minimum atomic E-state index is -0.394. The van der Waals surface area contributed by atoms with E-state index in [1.54, 1.807) is 0 Å². The number of ether oxygens (including phenoxy) is 3. The molecule has 0 atom stereocenters. The monoisotopic (exact) mass is 598 g/mol. The summed E-state index contributed by atoms with van der Waals surface area (Å²) in [6, 6.07) is 4.08. The van der Waals surface area contributed by atoms with Gasteiger partial charge in [0.2, 0.25) is 0 Å². The van der Waals surface area contributed by atoms with Crippen molar-refractivity contribution in [1.82, 2.24) is 0 Å². The standard InChI is InChI=1S/C39H66O4/c1-10-37(21-13-14-22-37)41-34(4,5)27-30-19-20-33(40)32(29-36(8,9)43-39(12-3)25-17-18-26-39)31(30)28-35(6,7)42-38(11-2)23-15-16-24-38/h19-20,40H,10-18,21-29H2,1-9H3. The zero-order chi connectivity index (χ0) is 31.6. The molecule has 43 heavy (non-hydrogen) atoms. The van der Waals surface area contributed by atoms with Crippen molar-refractivity contribution in [2.24, 2.45) is 0 Å². The van der Waals surface area contributed by atoms with Crippen molar-refractivity contribution >= 4 is 0 Å². The van der Waals surface area contributed by atoms with E-state index in [1.165, 1.54) is 49.7 Å². The second-order valence-electron chi connectivity index (χ2n) is 16.5. The molecule has 0 bridgehead atoms. The van der Waals surface area contributed by atoms with Crippen molar-refractivity contribution in [3.8, 4) is 5.75 Å². The topological polar surface area (TPSA) is 47.9 Å². The number of hydrogen-bond acceptors (Lipinski definition) is 4. The third kappa shape index (κ3) is 8.59. The molecule has 4 heteroatoms. The first-order valence-corrected chi connectivity index (χ1v) is 18.0. The molecule has 0 saturated heterocycles. The summed E-state index contributed by atoms with van der Waals surface area (Å²) in [5.41, 5.74) is 2.39. The van der Waals surface area contributed by atoms with Crippen LogP contribution in [-0.4, -0.2) is 38.7 Å². The smallest absolute Gasteiger partial charge is 0.119 e. The first-order chi connectivity index (χ1) is 20.1. The molecule has 4 nitrogen and oxygen atoms in total. The fraction of sp³-hybridized carbons (Fsp3) is 0.846. The van der Waals surface area contributed by atoms with E-state index in [9.17, 15) is 5.11 Å². The van der Waals surface area contributed by atoms with Gasteiger partial charge in [0.1, 0.15) is 5.75 Å². The van der Waals surface area contributed by atoms with Crippen LogP contribution in [0.4, 0.5) is 0 Å². The Morgan fingerprint density at radius 1 is 0.535 bits per heavy atom. The van der Waals surface area contributed by atoms with Gasteiger partial charge in [0.15, 0.2) is 0 Å². The second-order valence-corrected chi connectivity index (χ2v) is 16.5. The zero-order valence-electron chi connectivity index (χ0n) is 29.6. The van der Waals surface area contributed by atoms with Gasteiger partial charge in [0, 0.05) is 24.8 Å². The molecule has 0 spiro atoms. The molecule has 3 fully saturated rings. The van der Waals surface area contributed by atoms with Crippen molar-refractivity contribution in [3.05, 3.63) is 28.8 Å². The van der Waals surface area contributed by atoms with Crippen LogP contribution in [0.2, 0.25) is 0 Å². The van der Waals surface area contributed by atoms with Crippen molar-refractivity contribution in [2.45, 2.75) is 211 Å². The summed E-state index contributed by atoms with van der Waals surface area (Å²) in [6.45, 7) is 20.3. The zero-order valence-corrected chi connectivity index (χ0v) is 29.6. The van der Waals surface area contributed by atoms with Crippen LogP contribution >= 0.6 is 0 Å². The van der Waals surface area contributed by atoms with Crippen LogP contribution in [0.25, 0.3) is 0 Å². The van der Waals surface area contributed by atoms with E-state index in [1.807, 2.05) is 6.07 Å². The van der Waals surface area contributed by atoms with Gasteiger partial charge in [-0.05, 0) is 117 Å². The van der Waals surface area contributed by atoms with E-state index in [2.05, 4.69) is 68.4 Å². The van der Waals surface area contributed by atoms with Crippen LogP contribution in [0.3, 0.4) is 0 Å². The van der Waals surface area contributed by atoms with Crippen LogP contribution in [0.1, 0.15) is 175 Å². The summed E-state index contributed by atoms with van der Waals surface area (Å²) < 4.78 is 21.1. The fourth-order valence-electron chi connectivity index (χ4n) is 9.13. The molecule has 1 aromatic rings. The highest BCUT2D eigenvalue weighted by Gasteiger charge is 2.42. The maximum atomic E-state index is 11.5. The van der Waals surface area contributed by atoms with Gasteiger partial charge < -0.3 is 19.3 Å². The van der Waals surface area contributed by atoms with Gasteiger partial charge >= 0.3 is 0 Å². The Balaban J connectivity index is 1.69. The van der Waals surface area contributed by atoms with Crippen LogP contribution in [-0.2, 0) is 33.5 Å². The highest BCUT2D eigenvalue weighted by Crippen LogP contribution is 2.45. The van der Waals surface area contributed by atoms with Crippen LogP contribution in [0, 0.1) is 0 Å². The van der Waals surface area contributed by atoms with Crippen LogP contribution in [0.5, 0.6) is 5.75 Å². The van der Waals surface area contributed by atoms with Crippen molar-refractivity contribution in [3.63, 3.8) is 0 Å². The third-order valence-corrected chi connectivity index (χ3v) is 11.3. The Hall–Kier alpha value is -1.10. The average Bonchev–Trinajstić information content (AvgIpc) is 3.70. The molecular formula is C39H66O4. The average molecular weight is 599 g/mol. The molecule has 0 aromatic heterocycles. The highest BCUT2D eigenvalue weighted by atomic mass is 16.5. The predicted molar refractivity (Wildman–Crippen MR) is 179 cm³/mol. The van der Waals surface area contributed by atoms with Crippen molar-refractivity contribution < 1.29 is 19.3 Å². The Morgan fingerprint density at radius 3 is 1.21 bits per heavy atom. The molecule has 246 valence electrons. The van der Waals surface area contributed by atoms with Crippen LogP contribution < -0.4 is 0 Å². The molecule has 1 aromatic carbocycles. The lowest BCUT2D eigenvalue weighted by molar-refractivity contribution is -0.143. The highest BCUT2D eigenvalue weighted by molar-refractivity contribution is 5.46. The van der Waals surface area contributed by atoms with E-state index in [4.69, 9.17) is 14.2 Å². The fourth-order valence-corrected chi connectivity index (χ4v) is 9.13. The molecule has 4 rings (SSSR count). The summed E-state index contributed by atoms with van der Waals surface area (Å²) in [6.07, 6.45) is 19.8. The lowest BCUT2D eigenvalue weighted by Crippen LogP contribution is -2.43. The molecule has 3 aliphatic carbocycles. The number of phenolic OH excluding ortho intramolecular Hbond substituents is 1. The van der Waals surface area contributed by atoms with Gasteiger partial charge in [-0.3, -0.25) is 0 Å². The molecule has 0 radical (unpaired) electrons. The largest absolute Gasteiger partial charge is 0.508 e. The van der Waals surface area contributed by atoms with Crippen molar-refractivity contribution in [2.75, 3.05) is 0 Å². The molecule has 0 unspecified atom stereocenters. The second kappa shape index (κ2) is 13.3. The van der Waals surface area contributed by atoms with E-state index < -0.39 is 5.60 Å². The normalized spacial score (nSPS) is 22.0. The molecular weight excluding hydrogens is 532 g/mol. The van der Waals surface area contributed by atoms with Gasteiger partial charge in [-0.15, -0.1) is 0 Å². The summed E-state index contributed by atoms with van der Waals surface area (Å²) in [5, 5.41) is 11.5. The van der Waals surface area contributed by atoms with Gasteiger partial charge in [0.25, 0.3) is 0 Å². The lowest BCUT2D eigenvalue weighted by atomic mass is 9.82. The maximum Gasteiger partial charge on any atom is 0.119 e. The lowest BCUT2D eigenvalue weighted by Gasteiger charge is -2.41. The number of phenols is 1. The number of rotatable bonds is 15. The SMILES string of the molecule is CCC1(OC(C)(C)Cc2ccc(O)c(CC(C)(C)OC3(CC)CCCC3)c2CC(C)(C)OC2(CC)CCCC2)CCCC1. The van der Waals surface area contributed by atoms with E-state index >= 15 is 0 Å². The molecule has 3 saturated carbocycles. The minimum absolute atomic E-state index is 0.00659. The van der Waals surface area contributed by atoms with Gasteiger partial charge in [0.05, 0.1) is 33.6 Å². The van der Waals surface area contributed by atoms with Gasteiger partial charge in [-0.1, -0.05) is 65.4 Å². The molecule has 3 aliphatic rings. The van der Waals surface area contributed by atoms with E-state index in [0.717, 1.165) is 76.2 Å². The van der Waals surface area contributed by atoms with Crippen LogP contribution in [0.15, 0.2) is 12.1 Å². The summed E-state index contributed by atoms with van der Waals surface area (Å²) >= 11 is 0. The molecule has 1 N–H and O–H groups in total. The third-order valence-electron chi connectivity index (χ3n) is 11.3. The Morgan fingerprint density at radius 2 is 0.860 bits per heavy atom. The van der Waals surface area contributed by atoms with E-state index in [0.29, 0.717) is 12.2 Å². The van der Waals surface area contributed by atoms with E-state index in [-0.39, 0.29) is 28.0 Å². The molecule has 0 amide bonds. The summed E-state index contributed by atoms with van der Waals surface area (Å²) in [7, 11) is 0. The first-order valence-electron chi connectivity index (χ1n) is 18.0. The Kier molecular flexibility index (Phi) is 10.8. The Labute approximate surface area is 265 Å². The van der Waals surface area contributed by atoms with Gasteiger partial charge in [-0.25, -0.2) is 0 Å². The minimum Gasteiger partial charge on any atom is -0.508 e. The quantitative estimate of drug-likeness (QED) is 0.218. The predicted octanol–water partition coefficient (Wildman–Crippen LogP) is 10.6. The first kappa shape index (κ1) is 34.8. The van der Waals surface area contributed by atoms with Crippen molar-refractivity contribution in [1.29, 1.82) is 0 Å².